The van der Waals surface area contributed by atoms with E-state index in [4.69, 9.17) is 28.3 Å². The van der Waals surface area contributed by atoms with Gasteiger partial charge in [-0.05, 0) is 31.2 Å². The van der Waals surface area contributed by atoms with Crippen LogP contribution in [0.4, 0.5) is 17.6 Å². The van der Waals surface area contributed by atoms with E-state index in [1.807, 2.05) is 6.07 Å². The van der Waals surface area contributed by atoms with Crippen molar-refractivity contribution < 1.29 is 10.0 Å². The molecule has 1 aromatic carbocycles. The van der Waals surface area contributed by atoms with Crippen LogP contribution in [-0.2, 0) is 6.54 Å². The Kier molecular flexibility index (Phi) is 6.52. The van der Waals surface area contributed by atoms with E-state index in [-0.39, 0.29) is 45.0 Å². The van der Waals surface area contributed by atoms with Gasteiger partial charge in [0, 0.05) is 4.88 Å². The number of nitriles is 1. The van der Waals surface area contributed by atoms with Crippen LogP contribution in [0.3, 0.4) is 0 Å². The number of fused-ring (bicyclic) bond motifs is 1. The summed E-state index contributed by atoms with van der Waals surface area (Å²) in [6.45, 7) is 1.79. The predicted molar refractivity (Wildman–Crippen MR) is 131 cm³/mol. The summed E-state index contributed by atoms with van der Waals surface area (Å²) >= 11 is 7.41. The lowest BCUT2D eigenvalue weighted by molar-refractivity contribution is 0.0711. The number of rotatable bonds is 6. The molecule has 3 heterocycles. The maximum atomic E-state index is 13.5. The number of nitrogens with zero attached hydrogens (tertiary/aromatic N) is 5. The normalized spacial score (nSPS) is 11.7. The molecule has 1 amide bonds. The average molecular weight is 512 g/mol. The first-order valence-electron chi connectivity index (χ1n) is 10.0. The van der Waals surface area contributed by atoms with Crippen LogP contribution in [0.15, 0.2) is 35.1 Å². The van der Waals surface area contributed by atoms with Crippen molar-refractivity contribution in [2.45, 2.75) is 19.5 Å². The fourth-order valence-corrected chi connectivity index (χ4v) is 4.64. The molecule has 0 fully saturated rings. The summed E-state index contributed by atoms with van der Waals surface area (Å²) in [6.07, 6.45) is 0. The lowest BCUT2D eigenvalue weighted by Crippen LogP contribution is -2.29. The minimum Gasteiger partial charge on any atom is -0.382 e. The number of benzene rings is 1. The number of hydroxylamine groups is 1. The minimum absolute atomic E-state index is 0.00157. The van der Waals surface area contributed by atoms with Gasteiger partial charge in [0.15, 0.2) is 5.82 Å². The first-order valence-corrected chi connectivity index (χ1v) is 11.2. The summed E-state index contributed by atoms with van der Waals surface area (Å²) in [5.41, 5.74) is 13.1. The van der Waals surface area contributed by atoms with Crippen molar-refractivity contribution in [1.29, 1.82) is 5.26 Å². The highest BCUT2D eigenvalue weighted by Gasteiger charge is 2.22. The number of aromatic nitrogens is 4. The zero-order valence-electron chi connectivity index (χ0n) is 18.1. The van der Waals surface area contributed by atoms with Crippen LogP contribution in [0.5, 0.6) is 0 Å². The number of carbonyl (C=O) groups is 1. The number of carbonyl (C=O) groups excluding carboxylic acids is 1. The van der Waals surface area contributed by atoms with Gasteiger partial charge < -0.3 is 16.8 Å². The van der Waals surface area contributed by atoms with Crippen molar-refractivity contribution in [1.82, 2.24) is 25.0 Å². The van der Waals surface area contributed by atoms with E-state index in [9.17, 15) is 14.9 Å². The van der Waals surface area contributed by atoms with E-state index in [0.29, 0.717) is 16.2 Å². The van der Waals surface area contributed by atoms with E-state index in [1.165, 1.54) is 10.6 Å². The van der Waals surface area contributed by atoms with Crippen LogP contribution in [0, 0.1) is 11.3 Å². The maximum absolute atomic E-state index is 13.5. The van der Waals surface area contributed by atoms with Gasteiger partial charge in [-0.1, -0.05) is 17.7 Å². The number of hydrogen-bond donors (Lipinski definition) is 5. The third-order valence-electron chi connectivity index (χ3n) is 5.07. The van der Waals surface area contributed by atoms with Gasteiger partial charge in [0.2, 0.25) is 5.95 Å². The van der Waals surface area contributed by atoms with E-state index < -0.39 is 17.5 Å². The van der Waals surface area contributed by atoms with Crippen LogP contribution >= 0.6 is 22.9 Å². The quantitative estimate of drug-likeness (QED) is 0.189. The molecule has 35 heavy (non-hydrogen) atoms. The summed E-state index contributed by atoms with van der Waals surface area (Å²) in [7, 11) is 0. The van der Waals surface area contributed by atoms with Crippen LogP contribution in [0.2, 0.25) is 5.02 Å². The monoisotopic (exact) mass is 511 g/mol. The Morgan fingerprint density at radius 1 is 1.29 bits per heavy atom. The molecule has 0 saturated heterocycles. The van der Waals surface area contributed by atoms with Crippen LogP contribution in [-0.4, -0.2) is 30.6 Å². The Hall–Kier alpha value is -4.25. The molecular formula is C21H18ClN9O3S. The molecule has 0 bridgehead atoms. The van der Waals surface area contributed by atoms with Gasteiger partial charge in [0.05, 0.1) is 33.4 Å². The molecule has 4 rings (SSSR count). The molecule has 3 aromatic heterocycles. The summed E-state index contributed by atoms with van der Waals surface area (Å²) in [4.78, 5) is 38.7. The molecular weight excluding hydrogens is 494 g/mol. The number of nitrogens with one attached hydrogen (secondary N) is 2. The maximum Gasteiger partial charge on any atom is 0.284 e. The second kappa shape index (κ2) is 9.55. The van der Waals surface area contributed by atoms with Crippen molar-refractivity contribution in [3.8, 4) is 6.07 Å². The van der Waals surface area contributed by atoms with E-state index in [2.05, 4.69) is 20.3 Å². The van der Waals surface area contributed by atoms with Gasteiger partial charge in [0.1, 0.15) is 23.3 Å². The van der Waals surface area contributed by atoms with Crippen molar-refractivity contribution in [2.75, 3.05) is 16.8 Å². The van der Waals surface area contributed by atoms with E-state index >= 15 is 0 Å². The molecule has 0 aliphatic carbocycles. The molecule has 0 spiro atoms. The van der Waals surface area contributed by atoms with Crippen molar-refractivity contribution in [2.24, 2.45) is 0 Å². The van der Waals surface area contributed by atoms with Crippen LogP contribution < -0.4 is 27.8 Å². The fraction of sp³-hybridized carbons (Fsp3) is 0.143. The molecule has 1 atom stereocenters. The van der Waals surface area contributed by atoms with Crippen LogP contribution in [0.25, 0.3) is 10.9 Å². The third-order valence-corrected chi connectivity index (χ3v) is 6.45. The molecule has 14 heteroatoms. The average Bonchev–Trinajstić information content (AvgIpc) is 3.28. The molecule has 0 saturated carbocycles. The summed E-state index contributed by atoms with van der Waals surface area (Å²) in [6, 6.07) is 9.44. The minimum atomic E-state index is -0.661. The van der Waals surface area contributed by atoms with Gasteiger partial charge >= 0.3 is 0 Å². The third kappa shape index (κ3) is 4.58. The largest absolute Gasteiger partial charge is 0.382 e. The molecule has 4 aromatic rings. The standard InChI is InChI=1S/C21H18ClN9O3S/c1-9(26-17-11(7-23)16(24)28-21(25)29-17)18-27-13-4-2-3-12(22)15(13)20(33)31(18)8-10-5-6-14(35-10)19(32)30-34/h2-6,9,34H,8H2,1H3,(H,30,32)(H5,24,25,26,28,29)/t9-/m0/s1. The zero-order valence-corrected chi connectivity index (χ0v) is 19.7. The smallest absolute Gasteiger partial charge is 0.284 e. The van der Waals surface area contributed by atoms with Crippen molar-refractivity contribution in [3.05, 3.63) is 66.9 Å². The van der Waals surface area contributed by atoms with Gasteiger partial charge in [-0.3, -0.25) is 19.4 Å². The molecule has 0 aliphatic rings. The highest BCUT2D eigenvalue weighted by Crippen LogP contribution is 2.26. The number of nitrogens with two attached hydrogens (primary N) is 2. The lowest BCUT2D eigenvalue weighted by Gasteiger charge is -2.20. The molecule has 0 unspecified atom stereocenters. The second-order valence-corrected chi connectivity index (χ2v) is 8.95. The summed E-state index contributed by atoms with van der Waals surface area (Å²) in [5, 5.41) is 21.9. The van der Waals surface area contributed by atoms with Crippen molar-refractivity contribution >= 4 is 57.3 Å². The number of hydrogen-bond acceptors (Lipinski definition) is 11. The van der Waals surface area contributed by atoms with E-state index in [1.54, 1.807) is 36.7 Å². The fourth-order valence-electron chi connectivity index (χ4n) is 3.50. The van der Waals surface area contributed by atoms with Gasteiger partial charge in [-0.2, -0.15) is 15.2 Å². The lowest BCUT2D eigenvalue weighted by atomic mass is 10.2. The van der Waals surface area contributed by atoms with E-state index in [0.717, 1.165) is 11.3 Å². The molecule has 0 radical (unpaired) electrons. The zero-order chi connectivity index (χ0) is 25.3. The van der Waals surface area contributed by atoms with Gasteiger partial charge in [0.25, 0.3) is 11.5 Å². The van der Waals surface area contributed by atoms with Gasteiger partial charge in [-0.25, -0.2) is 10.5 Å². The first kappa shape index (κ1) is 23.9. The van der Waals surface area contributed by atoms with Crippen LogP contribution in [0.1, 0.15) is 38.9 Å². The topological polar surface area (TPSA) is 198 Å². The highest BCUT2D eigenvalue weighted by atomic mass is 35.5. The number of halogens is 1. The molecule has 12 nitrogen and oxygen atoms in total. The Balaban J connectivity index is 1.84. The number of nitrogen functional groups attached to an aromatic ring is 2. The first-order chi connectivity index (χ1) is 16.7. The Bertz CT molecular complexity index is 1560. The Morgan fingerprint density at radius 2 is 2.06 bits per heavy atom. The Morgan fingerprint density at radius 3 is 2.77 bits per heavy atom. The predicted octanol–water partition coefficient (Wildman–Crippen LogP) is 2.28. The summed E-state index contributed by atoms with van der Waals surface area (Å²) < 4.78 is 1.41. The molecule has 0 aliphatic heterocycles. The summed E-state index contributed by atoms with van der Waals surface area (Å²) in [5.74, 6) is -0.466. The SMILES string of the molecule is C[C@H](Nc1nc(N)nc(N)c1C#N)c1nc2cccc(Cl)c2c(=O)n1Cc1ccc(C(=O)NO)s1. The molecule has 178 valence electrons. The Labute approximate surface area is 206 Å². The second-order valence-electron chi connectivity index (χ2n) is 7.37. The number of amides is 1. The van der Waals surface area contributed by atoms with Crippen molar-refractivity contribution in [3.63, 3.8) is 0 Å². The highest BCUT2D eigenvalue weighted by molar-refractivity contribution is 7.14. The van der Waals surface area contributed by atoms with Gasteiger partial charge in [-0.15, -0.1) is 11.3 Å². The number of thiophene rings is 1. The number of anilines is 3. The molecule has 7 N–H and O–H groups in total.